The summed E-state index contributed by atoms with van der Waals surface area (Å²) in [6, 6.07) is 3.93. The fourth-order valence-corrected chi connectivity index (χ4v) is 2.23. The quantitative estimate of drug-likeness (QED) is 0.804. The minimum atomic E-state index is -0.588. The second-order valence-electron chi connectivity index (χ2n) is 4.28. The van der Waals surface area contributed by atoms with Gasteiger partial charge in [0.2, 0.25) is 11.8 Å². The highest BCUT2D eigenvalue weighted by Crippen LogP contribution is 2.20. The Labute approximate surface area is 124 Å². The van der Waals surface area contributed by atoms with Gasteiger partial charge in [0.1, 0.15) is 5.82 Å². The van der Waals surface area contributed by atoms with Crippen molar-refractivity contribution in [1.82, 2.24) is 4.98 Å². The van der Waals surface area contributed by atoms with Gasteiger partial charge in [0.05, 0.1) is 17.8 Å². The van der Waals surface area contributed by atoms with E-state index in [1.807, 2.05) is 0 Å². The van der Waals surface area contributed by atoms with E-state index in [9.17, 15) is 14.0 Å². The molecule has 1 aromatic heterocycles. The molecule has 0 unspecified atom stereocenters. The molecule has 1 heterocycles. The first-order valence-electron chi connectivity index (χ1n) is 6.01. The van der Waals surface area contributed by atoms with Gasteiger partial charge in [-0.3, -0.25) is 9.59 Å². The van der Waals surface area contributed by atoms with E-state index in [0.717, 1.165) is 0 Å². The van der Waals surface area contributed by atoms with Crippen LogP contribution in [-0.4, -0.2) is 16.8 Å². The number of amides is 2. The summed E-state index contributed by atoms with van der Waals surface area (Å²) in [5.74, 6) is -1.29. The standard InChI is InChI=1S/C13H13FN4O2S/c1-7(19)16-8-2-3-10(14)11(4-8)18-12(20)5-9-6-21-13(15)17-9/h2-4,6H,5H2,1H3,(H2,15,17)(H,16,19)(H,18,20). The average Bonchev–Trinajstić information content (AvgIpc) is 2.78. The molecule has 2 aromatic rings. The fraction of sp³-hybridized carbons (Fsp3) is 0.154. The number of nitrogens with one attached hydrogen (secondary N) is 2. The number of hydrogen-bond donors (Lipinski definition) is 3. The molecule has 1 aromatic carbocycles. The third kappa shape index (κ3) is 4.25. The number of rotatable bonds is 4. The smallest absolute Gasteiger partial charge is 0.230 e. The second kappa shape index (κ2) is 6.31. The van der Waals surface area contributed by atoms with E-state index in [1.54, 1.807) is 5.38 Å². The van der Waals surface area contributed by atoms with Crippen molar-refractivity contribution in [2.24, 2.45) is 0 Å². The van der Waals surface area contributed by atoms with Crippen LogP contribution in [0, 0.1) is 5.82 Å². The molecule has 0 radical (unpaired) electrons. The van der Waals surface area contributed by atoms with Crippen LogP contribution in [-0.2, 0) is 16.0 Å². The van der Waals surface area contributed by atoms with Gasteiger partial charge in [-0.2, -0.15) is 0 Å². The van der Waals surface area contributed by atoms with Crippen molar-refractivity contribution < 1.29 is 14.0 Å². The molecule has 6 nitrogen and oxygen atoms in total. The van der Waals surface area contributed by atoms with Gasteiger partial charge in [-0.25, -0.2) is 9.37 Å². The molecule has 0 aliphatic rings. The number of thiazole rings is 1. The van der Waals surface area contributed by atoms with Crippen LogP contribution in [0.25, 0.3) is 0 Å². The van der Waals surface area contributed by atoms with Gasteiger partial charge in [-0.15, -0.1) is 11.3 Å². The molecule has 0 bridgehead atoms. The minimum absolute atomic E-state index is 0.00248. The third-order valence-electron chi connectivity index (χ3n) is 2.47. The van der Waals surface area contributed by atoms with Gasteiger partial charge in [-0.05, 0) is 18.2 Å². The first-order chi connectivity index (χ1) is 9.94. The number of carbonyl (C=O) groups excluding carboxylic acids is 2. The van der Waals surface area contributed by atoms with Crippen molar-refractivity contribution in [3.05, 3.63) is 35.1 Å². The molecule has 4 N–H and O–H groups in total. The van der Waals surface area contributed by atoms with Crippen LogP contribution < -0.4 is 16.4 Å². The summed E-state index contributed by atoms with van der Waals surface area (Å²) >= 11 is 1.23. The normalized spacial score (nSPS) is 10.2. The Hall–Kier alpha value is -2.48. The lowest BCUT2D eigenvalue weighted by molar-refractivity contribution is -0.116. The van der Waals surface area contributed by atoms with Crippen LogP contribution in [0.3, 0.4) is 0 Å². The van der Waals surface area contributed by atoms with Gasteiger partial charge in [0.25, 0.3) is 0 Å². The van der Waals surface area contributed by atoms with Crippen LogP contribution in [0.5, 0.6) is 0 Å². The molecule has 8 heteroatoms. The molecule has 0 fully saturated rings. The minimum Gasteiger partial charge on any atom is -0.375 e. The Balaban J connectivity index is 2.07. The van der Waals surface area contributed by atoms with E-state index >= 15 is 0 Å². The van der Waals surface area contributed by atoms with Crippen molar-refractivity contribution in [3.63, 3.8) is 0 Å². The lowest BCUT2D eigenvalue weighted by atomic mass is 10.2. The largest absolute Gasteiger partial charge is 0.375 e. The number of carbonyl (C=O) groups is 2. The molecular weight excluding hydrogens is 295 g/mol. The number of nitrogens with zero attached hydrogens (tertiary/aromatic N) is 1. The monoisotopic (exact) mass is 308 g/mol. The SMILES string of the molecule is CC(=O)Nc1ccc(F)c(NC(=O)Cc2csc(N)n2)c1. The molecule has 2 rings (SSSR count). The Morgan fingerprint density at radius 2 is 2.14 bits per heavy atom. The third-order valence-corrected chi connectivity index (χ3v) is 3.19. The second-order valence-corrected chi connectivity index (χ2v) is 5.17. The molecule has 0 spiro atoms. The molecule has 110 valence electrons. The average molecular weight is 308 g/mol. The van der Waals surface area contributed by atoms with Crippen molar-refractivity contribution in [3.8, 4) is 0 Å². The maximum absolute atomic E-state index is 13.6. The molecule has 0 aliphatic carbocycles. The zero-order chi connectivity index (χ0) is 15.4. The summed E-state index contributed by atoms with van der Waals surface area (Å²) < 4.78 is 13.6. The van der Waals surface area contributed by atoms with E-state index in [2.05, 4.69) is 15.6 Å². The molecule has 0 saturated carbocycles. The van der Waals surface area contributed by atoms with E-state index in [4.69, 9.17) is 5.73 Å². The molecule has 0 atom stereocenters. The number of nitrogen functional groups attached to an aromatic ring is 1. The Morgan fingerprint density at radius 1 is 1.38 bits per heavy atom. The summed E-state index contributed by atoms with van der Waals surface area (Å²) in [6.45, 7) is 1.34. The van der Waals surface area contributed by atoms with Crippen molar-refractivity contribution in [2.75, 3.05) is 16.4 Å². The Bertz CT molecular complexity index is 687. The predicted molar refractivity (Wildman–Crippen MR) is 79.6 cm³/mol. The van der Waals surface area contributed by atoms with E-state index < -0.39 is 11.7 Å². The van der Waals surface area contributed by atoms with Crippen LogP contribution in [0.2, 0.25) is 0 Å². The number of halogens is 1. The first kappa shape index (κ1) is 14.9. The number of anilines is 3. The Kier molecular flexibility index (Phi) is 4.49. The summed E-state index contributed by atoms with van der Waals surface area (Å²) in [7, 11) is 0. The van der Waals surface area contributed by atoms with E-state index in [0.29, 0.717) is 16.5 Å². The van der Waals surface area contributed by atoms with Gasteiger partial charge < -0.3 is 16.4 Å². The highest BCUT2D eigenvalue weighted by atomic mass is 32.1. The number of nitrogens with two attached hydrogens (primary N) is 1. The number of aromatic nitrogens is 1. The van der Waals surface area contributed by atoms with Crippen molar-refractivity contribution in [2.45, 2.75) is 13.3 Å². The number of hydrogen-bond acceptors (Lipinski definition) is 5. The summed E-state index contributed by atoms with van der Waals surface area (Å²) in [6.07, 6.45) is -0.00248. The lowest BCUT2D eigenvalue weighted by Crippen LogP contribution is -2.16. The van der Waals surface area contributed by atoms with Gasteiger partial charge >= 0.3 is 0 Å². The summed E-state index contributed by atoms with van der Waals surface area (Å²) in [4.78, 5) is 26.8. The van der Waals surface area contributed by atoms with Crippen LogP contribution >= 0.6 is 11.3 Å². The van der Waals surface area contributed by atoms with E-state index in [-0.39, 0.29) is 18.0 Å². The molecule has 2 amide bonds. The number of benzene rings is 1. The van der Waals surface area contributed by atoms with Gasteiger partial charge in [0.15, 0.2) is 5.13 Å². The lowest BCUT2D eigenvalue weighted by Gasteiger charge is -2.08. The maximum atomic E-state index is 13.6. The van der Waals surface area contributed by atoms with Crippen LogP contribution in [0.1, 0.15) is 12.6 Å². The molecular formula is C13H13FN4O2S. The highest BCUT2D eigenvalue weighted by Gasteiger charge is 2.11. The van der Waals surface area contributed by atoms with Crippen LogP contribution in [0.4, 0.5) is 20.9 Å². The molecule has 0 saturated heterocycles. The molecule has 21 heavy (non-hydrogen) atoms. The molecule has 0 aliphatic heterocycles. The van der Waals surface area contributed by atoms with Gasteiger partial charge in [0, 0.05) is 18.0 Å². The Morgan fingerprint density at radius 3 is 2.76 bits per heavy atom. The van der Waals surface area contributed by atoms with Gasteiger partial charge in [-0.1, -0.05) is 0 Å². The zero-order valence-electron chi connectivity index (χ0n) is 11.1. The summed E-state index contributed by atoms with van der Waals surface area (Å²) in [5.41, 5.74) is 6.39. The fourth-order valence-electron chi connectivity index (χ4n) is 1.66. The highest BCUT2D eigenvalue weighted by molar-refractivity contribution is 7.13. The zero-order valence-corrected chi connectivity index (χ0v) is 12.0. The maximum Gasteiger partial charge on any atom is 0.230 e. The van der Waals surface area contributed by atoms with E-state index in [1.165, 1.54) is 36.5 Å². The van der Waals surface area contributed by atoms with Crippen molar-refractivity contribution >= 4 is 39.7 Å². The van der Waals surface area contributed by atoms with Crippen LogP contribution in [0.15, 0.2) is 23.6 Å². The first-order valence-corrected chi connectivity index (χ1v) is 6.89. The summed E-state index contributed by atoms with van der Waals surface area (Å²) in [5, 5.41) is 6.99. The topological polar surface area (TPSA) is 97.1 Å². The predicted octanol–water partition coefficient (Wildman–Crippen LogP) is 2.00. The van der Waals surface area contributed by atoms with Crippen molar-refractivity contribution in [1.29, 1.82) is 0 Å².